The number of hydrogen-bond acceptors (Lipinski definition) is 5. The van der Waals surface area contributed by atoms with Crippen LogP contribution in [0.1, 0.15) is 26.3 Å². The van der Waals surface area contributed by atoms with Crippen LogP contribution in [0.2, 0.25) is 0 Å². The van der Waals surface area contributed by atoms with E-state index in [2.05, 4.69) is 46.9 Å². The second-order valence-corrected chi connectivity index (χ2v) is 10.9. The number of rotatable bonds is 3. The molecule has 0 amide bonds. The molecule has 6 nitrogen and oxygen atoms in total. The number of halogens is 1. The van der Waals surface area contributed by atoms with Gasteiger partial charge in [0.05, 0.1) is 9.79 Å². The summed E-state index contributed by atoms with van der Waals surface area (Å²) in [7, 11) is -3.68. The molecule has 0 fully saturated rings. The van der Waals surface area contributed by atoms with Gasteiger partial charge in [0.15, 0.2) is 0 Å². The van der Waals surface area contributed by atoms with E-state index in [1.54, 1.807) is 36.4 Å². The van der Waals surface area contributed by atoms with E-state index in [-0.39, 0.29) is 21.0 Å². The van der Waals surface area contributed by atoms with Gasteiger partial charge in [0.1, 0.15) is 22.5 Å². The van der Waals surface area contributed by atoms with Crippen molar-refractivity contribution in [2.24, 2.45) is 0 Å². The normalized spacial score (nSPS) is 12.4. The molecule has 3 aromatic carbocycles. The monoisotopic (exact) mass is 485 g/mol. The van der Waals surface area contributed by atoms with E-state index in [0.717, 1.165) is 10.0 Å². The third-order valence-corrected chi connectivity index (χ3v) is 7.14. The Morgan fingerprint density at radius 2 is 1.50 bits per heavy atom. The summed E-state index contributed by atoms with van der Waals surface area (Å²) in [4.78, 5) is 1.68. The number of phenolic OH excluding ortho intramolecular Hbond substituents is 1. The van der Waals surface area contributed by atoms with E-state index >= 15 is 0 Å². The largest absolute Gasteiger partial charge is 0.506 e. The average molecular weight is 486 g/mol. The predicted molar refractivity (Wildman–Crippen MR) is 119 cm³/mol. The lowest BCUT2D eigenvalue weighted by atomic mass is 9.87. The van der Waals surface area contributed by atoms with Crippen molar-refractivity contribution in [1.29, 1.82) is 0 Å². The Hall–Kier alpha value is -2.71. The first-order valence-corrected chi connectivity index (χ1v) is 11.5. The Labute approximate surface area is 183 Å². The Balaban J connectivity index is 1.80. The molecule has 154 valence electrons. The molecule has 0 bridgehead atoms. The SMILES string of the molecule is CC(C)(C)c1ccc(O)c(-n2nc3ccc(S(=O)(=O)c4ccc(Br)cc4)cc3n2)c1. The summed E-state index contributed by atoms with van der Waals surface area (Å²) in [5.74, 6) is 0.0472. The van der Waals surface area contributed by atoms with Crippen LogP contribution in [0.4, 0.5) is 0 Å². The number of aromatic hydroxyl groups is 1. The van der Waals surface area contributed by atoms with Gasteiger partial charge in [-0.1, -0.05) is 42.8 Å². The van der Waals surface area contributed by atoms with Crippen LogP contribution >= 0.6 is 15.9 Å². The zero-order valence-corrected chi connectivity index (χ0v) is 19.1. The summed E-state index contributed by atoms with van der Waals surface area (Å²) in [6.07, 6.45) is 0. The zero-order chi connectivity index (χ0) is 21.7. The molecule has 4 rings (SSSR count). The number of hydrogen-bond donors (Lipinski definition) is 1. The molecule has 0 aliphatic rings. The fraction of sp³-hybridized carbons (Fsp3) is 0.182. The zero-order valence-electron chi connectivity index (χ0n) is 16.7. The minimum absolute atomic E-state index is 0.0472. The minimum Gasteiger partial charge on any atom is -0.506 e. The summed E-state index contributed by atoms with van der Waals surface area (Å²) < 4.78 is 26.7. The van der Waals surface area contributed by atoms with Gasteiger partial charge in [-0.05, 0) is 65.6 Å². The van der Waals surface area contributed by atoms with Crippen LogP contribution in [0.15, 0.2) is 74.9 Å². The van der Waals surface area contributed by atoms with Crippen LogP contribution in [-0.2, 0) is 15.3 Å². The van der Waals surface area contributed by atoms with Gasteiger partial charge in [0, 0.05) is 4.47 Å². The van der Waals surface area contributed by atoms with Gasteiger partial charge in [-0.3, -0.25) is 0 Å². The molecule has 1 aromatic heterocycles. The first-order valence-electron chi connectivity index (χ1n) is 9.27. The average Bonchev–Trinajstić information content (AvgIpc) is 3.10. The molecule has 0 atom stereocenters. The molecule has 1 N–H and O–H groups in total. The van der Waals surface area contributed by atoms with E-state index in [0.29, 0.717) is 16.7 Å². The van der Waals surface area contributed by atoms with Crippen molar-refractivity contribution in [2.75, 3.05) is 0 Å². The molecule has 0 aliphatic heterocycles. The van der Waals surface area contributed by atoms with Gasteiger partial charge >= 0.3 is 0 Å². The van der Waals surface area contributed by atoms with Gasteiger partial charge in [0.25, 0.3) is 0 Å². The standard InChI is InChI=1S/C22H20BrN3O3S/c1-22(2,3)14-4-11-21(27)20(12-14)26-24-18-10-9-17(13-19(18)25-26)30(28,29)16-7-5-15(23)6-8-16/h4-13,27H,1-3H3. The van der Waals surface area contributed by atoms with E-state index in [1.807, 2.05) is 12.1 Å². The Morgan fingerprint density at radius 1 is 0.867 bits per heavy atom. The molecule has 0 radical (unpaired) electrons. The van der Waals surface area contributed by atoms with E-state index in [1.165, 1.54) is 16.9 Å². The highest BCUT2D eigenvalue weighted by Gasteiger charge is 2.20. The molecule has 0 spiro atoms. The maximum atomic E-state index is 13.0. The third-order valence-electron chi connectivity index (χ3n) is 4.84. The Bertz CT molecular complexity index is 1350. The first kappa shape index (κ1) is 20.6. The molecule has 0 saturated carbocycles. The van der Waals surface area contributed by atoms with Crippen molar-refractivity contribution >= 4 is 36.8 Å². The van der Waals surface area contributed by atoms with Gasteiger partial charge in [-0.2, -0.15) is 0 Å². The van der Waals surface area contributed by atoms with E-state index < -0.39 is 9.84 Å². The number of fused-ring (bicyclic) bond motifs is 1. The van der Waals surface area contributed by atoms with Crippen molar-refractivity contribution in [1.82, 2.24) is 15.0 Å². The number of nitrogens with zero attached hydrogens (tertiary/aromatic N) is 3. The van der Waals surface area contributed by atoms with Crippen LogP contribution in [0.25, 0.3) is 16.7 Å². The van der Waals surface area contributed by atoms with Crippen LogP contribution < -0.4 is 0 Å². The van der Waals surface area contributed by atoms with E-state index in [4.69, 9.17) is 0 Å². The molecule has 4 aromatic rings. The van der Waals surface area contributed by atoms with Gasteiger partial charge in [0.2, 0.25) is 9.84 Å². The fourth-order valence-corrected chi connectivity index (χ4v) is 4.61. The van der Waals surface area contributed by atoms with Crippen molar-refractivity contribution in [2.45, 2.75) is 36.0 Å². The lowest BCUT2D eigenvalue weighted by molar-refractivity contribution is 0.466. The summed E-state index contributed by atoms with van der Waals surface area (Å²) in [6, 6.07) is 16.4. The van der Waals surface area contributed by atoms with Crippen molar-refractivity contribution < 1.29 is 13.5 Å². The Morgan fingerprint density at radius 3 is 2.17 bits per heavy atom. The summed E-state index contributed by atoms with van der Waals surface area (Å²) in [6.45, 7) is 6.24. The maximum absolute atomic E-state index is 13.0. The highest BCUT2D eigenvalue weighted by atomic mass is 79.9. The van der Waals surface area contributed by atoms with Crippen molar-refractivity contribution in [3.8, 4) is 11.4 Å². The smallest absolute Gasteiger partial charge is 0.206 e. The molecule has 0 saturated heterocycles. The highest BCUT2D eigenvalue weighted by molar-refractivity contribution is 9.10. The first-order chi connectivity index (χ1) is 14.1. The molecular formula is C22H20BrN3O3S. The minimum atomic E-state index is -3.68. The van der Waals surface area contributed by atoms with Crippen LogP contribution in [0.5, 0.6) is 5.75 Å². The maximum Gasteiger partial charge on any atom is 0.206 e. The van der Waals surface area contributed by atoms with Crippen LogP contribution in [-0.4, -0.2) is 28.5 Å². The quantitative estimate of drug-likeness (QED) is 0.440. The number of phenols is 1. The second-order valence-electron chi connectivity index (χ2n) is 8.05. The topological polar surface area (TPSA) is 85.1 Å². The van der Waals surface area contributed by atoms with Crippen LogP contribution in [0.3, 0.4) is 0 Å². The predicted octanol–water partition coefficient (Wildman–Crippen LogP) is 5.02. The summed E-state index contributed by atoms with van der Waals surface area (Å²) in [5, 5.41) is 19.2. The van der Waals surface area contributed by atoms with Crippen molar-refractivity contribution in [3.05, 3.63) is 70.7 Å². The van der Waals surface area contributed by atoms with Gasteiger partial charge in [-0.25, -0.2) is 8.42 Å². The lowest BCUT2D eigenvalue weighted by Crippen LogP contribution is -2.12. The van der Waals surface area contributed by atoms with Gasteiger partial charge < -0.3 is 5.11 Å². The number of sulfone groups is 1. The number of aromatic nitrogens is 3. The van der Waals surface area contributed by atoms with Gasteiger partial charge in [-0.15, -0.1) is 15.0 Å². The molecule has 1 heterocycles. The third kappa shape index (κ3) is 3.73. The van der Waals surface area contributed by atoms with E-state index in [9.17, 15) is 13.5 Å². The molecule has 0 unspecified atom stereocenters. The van der Waals surface area contributed by atoms with Crippen LogP contribution in [0, 0.1) is 0 Å². The molecule has 30 heavy (non-hydrogen) atoms. The summed E-state index contributed by atoms with van der Waals surface area (Å²) in [5.41, 5.74) is 2.31. The summed E-state index contributed by atoms with van der Waals surface area (Å²) >= 11 is 3.31. The molecular weight excluding hydrogens is 466 g/mol. The fourth-order valence-electron chi connectivity index (χ4n) is 3.07. The highest BCUT2D eigenvalue weighted by Crippen LogP contribution is 2.30. The number of benzene rings is 3. The van der Waals surface area contributed by atoms with Crippen molar-refractivity contribution in [3.63, 3.8) is 0 Å². The molecule has 0 aliphatic carbocycles. The lowest BCUT2D eigenvalue weighted by Gasteiger charge is -2.19. The second kappa shape index (κ2) is 7.21. The Kier molecular flexibility index (Phi) is 4.94. The molecule has 8 heteroatoms.